The normalized spacial score (nSPS) is 19.6. The van der Waals surface area contributed by atoms with Gasteiger partial charge in [-0.25, -0.2) is 8.78 Å². The van der Waals surface area contributed by atoms with Crippen LogP contribution in [0.15, 0.2) is 48.5 Å². The van der Waals surface area contributed by atoms with Crippen molar-refractivity contribution in [3.8, 4) is 0 Å². The first-order valence-corrected chi connectivity index (χ1v) is 8.45. The van der Waals surface area contributed by atoms with Crippen LogP contribution in [0, 0.1) is 23.5 Å². The molecule has 1 saturated carbocycles. The Morgan fingerprint density at radius 1 is 1.12 bits per heavy atom. The molecule has 1 aliphatic rings. The van der Waals surface area contributed by atoms with Gasteiger partial charge < -0.3 is 10.4 Å². The summed E-state index contributed by atoms with van der Waals surface area (Å²) in [4.78, 5) is 23.7. The second kappa shape index (κ2) is 7.64. The fourth-order valence-electron chi connectivity index (χ4n) is 3.10. The molecular formula is C20H19F2NO3. The molecule has 0 aromatic heterocycles. The summed E-state index contributed by atoms with van der Waals surface area (Å²) in [6.45, 7) is 0.0318. The molecule has 2 aromatic carbocycles. The number of rotatable bonds is 7. The van der Waals surface area contributed by atoms with Gasteiger partial charge in [0.15, 0.2) is 11.6 Å². The van der Waals surface area contributed by atoms with E-state index in [2.05, 4.69) is 5.32 Å². The minimum absolute atomic E-state index is 0.0318. The van der Waals surface area contributed by atoms with Crippen LogP contribution < -0.4 is 5.32 Å². The van der Waals surface area contributed by atoms with E-state index >= 15 is 0 Å². The summed E-state index contributed by atoms with van der Waals surface area (Å²) in [5, 5.41) is 12.0. The molecule has 0 heterocycles. The number of carbonyl (C=O) groups excluding carboxylic acids is 1. The van der Waals surface area contributed by atoms with Crippen molar-refractivity contribution in [2.75, 3.05) is 6.54 Å². The van der Waals surface area contributed by atoms with Crippen LogP contribution in [0.2, 0.25) is 0 Å². The maximum atomic E-state index is 13.3. The maximum absolute atomic E-state index is 13.3. The summed E-state index contributed by atoms with van der Waals surface area (Å²) in [5.41, 5.74) is 1.48. The average molecular weight is 359 g/mol. The number of carboxylic acids is 1. The van der Waals surface area contributed by atoms with Crippen LogP contribution in [0.4, 0.5) is 8.78 Å². The number of halogens is 2. The number of carbonyl (C=O) groups is 2. The van der Waals surface area contributed by atoms with Crippen molar-refractivity contribution < 1.29 is 23.5 Å². The van der Waals surface area contributed by atoms with E-state index < -0.39 is 23.5 Å². The van der Waals surface area contributed by atoms with Crippen molar-refractivity contribution in [1.29, 1.82) is 0 Å². The molecular weight excluding hydrogens is 340 g/mol. The third-order valence-electron chi connectivity index (χ3n) is 4.70. The highest BCUT2D eigenvalue weighted by molar-refractivity contribution is 5.83. The lowest BCUT2D eigenvalue weighted by Crippen LogP contribution is -2.35. The summed E-state index contributed by atoms with van der Waals surface area (Å²) in [7, 11) is 0. The van der Waals surface area contributed by atoms with Gasteiger partial charge in [0, 0.05) is 12.5 Å². The Morgan fingerprint density at radius 3 is 2.50 bits per heavy atom. The largest absolute Gasteiger partial charge is 0.481 e. The van der Waals surface area contributed by atoms with Crippen LogP contribution in [-0.4, -0.2) is 23.5 Å². The fraction of sp³-hybridized carbons (Fsp3) is 0.300. The molecule has 3 rings (SSSR count). The highest BCUT2D eigenvalue weighted by Crippen LogP contribution is 2.47. The molecule has 136 valence electrons. The summed E-state index contributed by atoms with van der Waals surface area (Å²) < 4.78 is 26.3. The molecule has 1 aliphatic carbocycles. The molecule has 2 aromatic rings. The van der Waals surface area contributed by atoms with E-state index in [0.29, 0.717) is 18.4 Å². The molecule has 26 heavy (non-hydrogen) atoms. The van der Waals surface area contributed by atoms with E-state index in [-0.39, 0.29) is 24.3 Å². The zero-order valence-electron chi connectivity index (χ0n) is 14.0. The quantitative estimate of drug-likeness (QED) is 0.798. The predicted octanol–water partition coefficient (Wildman–Crippen LogP) is 3.13. The van der Waals surface area contributed by atoms with Gasteiger partial charge in [0.2, 0.25) is 5.91 Å². The summed E-state index contributed by atoms with van der Waals surface area (Å²) in [5.74, 6) is -4.26. The van der Waals surface area contributed by atoms with E-state index in [1.165, 1.54) is 6.07 Å². The molecule has 0 aliphatic heterocycles. The highest BCUT2D eigenvalue weighted by Gasteiger charge is 2.44. The fourth-order valence-corrected chi connectivity index (χ4v) is 3.10. The van der Waals surface area contributed by atoms with Crippen molar-refractivity contribution in [1.82, 2.24) is 5.32 Å². The van der Waals surface area contributed by atoms with Crippen LogP contribution in [-0.2, 0) is 16.0 Å². The summed E-state index contributed by atoms with van der Waals surface area (Å²) in [6.07, 6.45) is 0.876. The Kier molecular flexibility index (Phi) is 5.30. The van der Waals surface area contributed by atoms with Gasteiger partial charge in [-0.15, -0.1) is 0 Å². The molecule has 1 fully saturated rings. The van der Waals surface area contributed by atoms with Crippen molar-refractivity contribution in [2.24, 2.45) is 11.8 Å². The Bertz CT molecular complexity index is 810. The number of benzene rings is 2. The molecule has 4 nitrogen and oxygen atoms in total. The molecule has 0 bridgehead atoms. The third-order valence-corrected chi connectivity index (χ3v) is 4.70. The maximum Gasteiger partial charge on any atom is 0.308 e. The van der Waals surface area contributed by atoms with Crippen LogP contribution in [0.1, 0.15) is 23.5 Å². The Labute approximate surface area is 149 Å². The third kappa shape index (κ3) is 4.25. The first kappa shape index (κ1) is 18.0. The molecule has 0 radical (unpaired) electrons. The number of amides is 1. The standard InChI is InChI=1S/C20H19F2NO3/c21-17-7-6-13(9-18(17)22)15-10-16(15)19(24)23-11-14(20(25)26)8-12-4-2-1-3-5-12/h1-7,9,14-16H,8,10-11H2,(H,23,24)(H,25,26). The van der Waals surface area contributed by atoms with Crippen LogP contribution >= 0.6 is 0 Å². The first-order valence-electron chi connectivity index (χ1n) is 8.45. The second-order valence-electron chi connectivity index (χ2n) is 6.59. The number of nitrogens with one attached hydrogen (secondary N) is 1. The predicted molar refractivity (Wildman–Crippen MR) is 91.5 cm³/mol. The summed E-state index contributed by atoms with van der Waals surface area (Å²) >= 11 is 0. The Morgan fingerprint density at radius 2 is 1.85 bits per heavy atom. The van der Waals surface area contributed by atoms with E-state index in [4.69, 9.17) is 0 Å². The highest BCUT2D eigenvalue weighted by atomic mass is 19.2. The summed E-state index contributed by atoms with van der Waals surface area (Å²) in [6, 6.07) is 12.9. The van der Waals surface area contributed by atoms with E-state index in [1.54, 1.807) is 0 Å². The molecule has 6 heteroatoms. The molecule has 3 unspecified atom stereocenters. The smallest absolute Gasteiger partial charge is 0.308 e. The van der Waals surface area contributed by atoms with Crippen LogP contribution in [0.3, 0.4) is 0 Å². The van der Waals surface area contributed by atoms with E-state index in [0.717, 1.165) is 17.7 Å². The molecule has 2 N–H and O–H groups in total. The SMILES string of the molecule is O=C(O)C(CNC(=O)C1CC1c1ccc(F)c(F)c1)Cc1ccccc1. The Hall–Kier alpha value is -2.76. The van der Waals surface area contributed by atoms with E-state index in [9.17, 15) is 23.5 Å². The molecule has 0 saturated heterocycles. The average Bonchev–Trinajstić information content (AvgIpc) is 3.42. The molecule has 0 spiro atoms. The lowest BCUT2D eigenvalue weighted by molar-refractivity contribution is -0.141. The van der Waals surface area contributed by atoms with Gasteiger partial charge in [-0.3, -0.25) is 9.59 Å². The van der Waals surface area contributed by atoms with Gasteiger partial charge in [-0.2, -0.15) is 0 Å². The minimum Gasteiger partial charge on any atom is -0.481 e. The zero-order valence-corrected chi connectivity index (χ0v) is 14.0. The number of hydrogen-bond donors (Lipinski definition) is 2. The van der Waals surface area contributed by atoms with Crippen LogP contribution in [0.5, 0.6) is 0 Å². The van der Waals surface area contributed by atoms with Crippen molar-refractivity contribution in [2.45, 2.75) is 18.8 Å². The first-order chi connectivity index (χ1) is 12.5. The zero-order chi connectivity index (χ0) is 18.7. The lowest BCUT2D eigenvalue weighted by atomic mass is 9.99. The lowest BCUT2D eigenvalue weighted by Gasteiger charge is -2.13. The van der Waals surface area contributed by atoms with Gasteiger partial charge in [0.1, 0.15) is 0 Å². The Balaban J connectivity index is 1.54. The monoisotopic (exact) mass is 359 g/mol. The van der Waals surface area contributed by atoms with Gasteiger partial charge in [-0.1, -0.05) is 36.4 Å². The number of aliphatic carboxylic acids is 1. The topological polar surface area (TPSA) is 66.4 Å². The van der Waals surface area contributed by atoms with Gasteiger partial charge in [0.25, 0.3) is 0 Å². The van der Waals surface area contributed by atoms with Crippen molar-refractivity contribution >= 4 is 11.9 Å². The minimum atomic E-state index is -0.970. The van der Waals surface area contributed by atoms with Gasteiger partial charge >= 0.3 is 5.97 Å². The molecule has 3 atom stereocenters. The van der Waals surface area contributed by atoms with Gasteiger partial charge in [0.05, 0.1) is 5.92 Å². The van der Waals surface area contributed by atoms with Crippen molar-refractivity contribution in [3.05, 3.63) is 71.3 Å². The number of hydrogen-bond acceptors (Lipinski definition) is 2. The second-order valence-corrected chi connectivity index (χ2v) is 6.59. The number of carboxylic acid groups (broad SMARTS) is 1. The van der Waals surface area contributed by atoms with Crippen LogP contribution in [0.25, 0.3) is 0 Å². The van der Waals surface area contributed by atoms with Crippen molar-refractivity contribution in [3.63, 3.8) is 0 Å². The van der Waals surface area contributed by atoms with E-state index in [1.807, 2.05) is 30.3 Å². The molecule has 1 amide bonds. The van der Waals surface area contributed by atoms with Gasteiger partial charge in [-0.05, 0) is 42.0 Å².